The highest BCUT2D eigenvalue weighted by Crippen LogP contribution is 2.32. The van der Waals surface area contributed by atoms with Crippen molar-refractivity contribution < 1.29 is 0 Å². The fourth-order valence-electron chi connectivity index (χ4n) is 3.87. The van der Waals surface area contributed by atoms with Gasteiger partial charge in [-0.15, -0.1) is 0 Å². The van der Waals surface area contributed by atoms with E-state index in [2.05, 4.69) is 50.4 Å². The van der Waals surface area contributed by atoms with Crippen molar-refractivity contribution in [2.45, 2.75) is 13.1 Å². The molecule has 4 rings (SSSR count). The van der Waals surface area contributed by atoms with Gasteiger partial charge in [0, 0.05) is 71.1 Å². The van der Waals surface area contributed by atoms with E-state index in [1.165, 1.54) is 24.3 Å². The Balaban J connectivity index is 1.51. The second-order valence-electron chi connectivity index (χ2n) is 6.73. The van der Waals surface area contributed by atoms with Crippen molar-refractivity contribution >= 4 is 5.69 Å². The fraction of sp³-hybridized carbons (Fsp3) is 0.647. The average Bonchev–Trinajstić information content (AvgIpc) is 3.00. The maximum absolute atomic E-state index is 3.45. The lowest BCUT2D eigenvalue weighted by atomic mass is 10.1. The average molecular weight is 301 g/mol. The number of likely N-dealkylation sites (N-methyl/N-ethyl adjacent to an activating group) is 1. The van der Waals surface area contributed by atoms with Crippen molar-refractivity contribution in [1.29, 1.82) is 0 Å². The van der Waals surface area contributed by atoms with Gasteiger partial charge in [0.15, 0.2) is 0 Å². The number of hydrogen-bond acceptors (Lipinski definition) is 5. The Kier molecular flexibility index (Phi) is 4.05. The van der Waals surface area contributed by atoms with Crippen LogP contribution in [0.2, 0.25) is 0 Å². The Morgan fingerprint density at radius 2 is 1.64 bits per heavy atom. The standard InChI is InChI=1S/C17H27N5/c1-19-9-11-21(12-10-19)22-13-15-3-2-4-17(16(15)14-22)20-7-5-18-6-8-20/h2-4,18H,5-14H2,1H3. The van der Waals surface area contributed by atoms with Crippen LogP contribution in [0.4, 0.5) is 5.69 Å². The second-order valence-corrected chi connectivity index (χ2v) is 6.73. The smallest absolute Gasteiger partial charge is 0.0416 e. The first-order chi connectivity index (χ1) is 10.8. The first-order valence-electron chi connectivity index (χ1n) is 8.56. The van der Waals surface area contributed by atoms with Gasteiger partial charge in [-0.1, -0.05) is 12.1 Å². The van der Waals surface area contributed by atoms with Crippen LogP contribution < -0.4 is 10.2 Å². The number of benzene rings is 1. The Morgan fingerprint density at radius 3 is 2.41 bits per heavy atom. The van der Waals surface area contributed by atoms with E-state index in [0.29, 0.717) is 0 Å². The third-order valence-corrected chi connectivity index (χ3v) is 5.28. The van der Waals surface area contributed by atoms with Gasteiger partial charge in [-0.3, -0.25) is 0 Å². The van der Waals surface area contributed by atoms with Crippen LogP contribution in [0.3, 0.4) is 0 Å². The van der Waals surface area contributed by atoms with E-state index in [0.717, 1.165) is 52.4 Å². The minimum absolute atomic E-state index is 1.08. The lowest BCUT2D eigenvalue weighted by molar-refractivity contribution is -0.0581. The van der Waals surface area contributed by atoms with Crippen LogP contribution in [0.5, 0.6) is 0 Å². The zero-order valence-corrected chi connectivity index (χ0v) is 13.6. The molecule has 0 aliphatic carbocycles. The molecule has 0 radical (unpaired) electrons. The molecule has 3 heterocycles. The quantitative estimate of drug-likeness (QED) is 0.861. The normalized spacial score (nSPS) is 24.7. The van der Waals surface area contributed by atoms with Gasteiger partial charge < -0.3 is 15.1 Å². The van der Waals surface area contributed by atoms with Crippen molar-refractivity contribution in [3.05, 3.63) is 29.3 Å². The predicted octanol–water partition coefficient (Wildman–Crippen LogP) is 0.574. The van der Waals surface area contributed by atoms with Gasteiger partial charge in [-0.05, 0) is 24.2 Å². The second kappa shape index (κ2) is 6.16. The number of fused-ring (bicyclic) bond motifs is 1. The molecule has 2 saturated heterocycles. The van der Waals surface area contributed by atoms with Gasteiger partial charge in [-0.2, -0.15) is 0 Å². The van der Waals surface area contributed by atoms with Gasteiger partial charge in [0.2, 0.25) is 0 Å². The van der Waals surface area contributed by atoms with Gasteiger partial charge in [-0.25, -0.2) is 10.0 Å². The number of nitrogens with one attached hydrogen (secondary N) is 1. The summed E-state index contributed by atoms with van der Waals surface area (Å²) in [6.45, 7) is 11.3. The highest BCUT2D eigenvalue weighted by molar-refractivity contribution is 5.58. The molecule has 5 heteroatoms. The molecule has 120 valence electrons. The Labute approximate surface area is 133 Å². The highest BCUT2D eigenvalue weighted by Gasteiger charge is 2.29. The molecule has 0 atom stereocenters. The molecule has 5 nitrogen and oxygen atoms in total. The molecule has 1 aromatic rings. The van der Waals surface area contributed by atoms with Crippen molar-refractivity contribution in [2.75, 3.05) is 64.3 Å². The van der Waals surface area contributed by atoms with Crippen molar-refractivity contribution in [3.63, 3.8) is 0 Å². The number of anilines is 1. The fourth-order valence-corrected chi connectivity index (χ4v) is 3.87. The monoisotopic (exact) mass is 301 g/mol. The van der Waals surface area contributed by atoms with Crippen molar-refractivity contribution in [2.24, 2.45) is 0 Å². The molecular weight excluding hydrogens is 274 g/mol. The molecule has 0 saturated carbocycles. The van der Waals surface area contributed by atoms with E-state index < -0.39 is 0 Å². The summed E-state index contributed by atoms with van der Waals surface area (Å²) in [7, 11) is 2.22. The minimum atomic E-state index is 1.08. The molecule has 0 aromatic heterocycles. The van der Waals surface area contributed by atoms with E-state index in [-0.39, 0.29) is 0 Å². The maximum Gasteiger partial charge on any atom is 0.0416 e. The molecule has 1 aromatic carbocycles. The van der Waals surface area contributed by atoms with Gasteiger partial charge >= 0.3 is 0 Å². The molecule has 3 aliphatic rings. The molecule has 0 unspecified atom stereocenters. The van der Waals surface area contributed by atoms with Crippen LogP contribution >= 0.6 is 0 Å². The number of piperazine rings is 2. The summed E-state index contributed by atoms with van der Waals surface area (Å²) in [5.74, 6) is 0. The third-order valence-electron chi connectivity index (χ3n) is 5.28. The van der Waals surface area contributed by atoms with Gasteiger partial charge in [0.25, 0.3) is 0 Å². The van der Waals surface area contributed by atoms with Crippen LogP contribution in [-0.2, 0) is 13.1 Å². The van der Waals surface area contributed by atoms with Crippen LogP contribution in [0.15, 0.2) is 18.2 Å². The van der Waals surface area contributed by atoms with E-state index in [1.54, 1.807) is 5.56 Å². The maximum atomic E-state index is 3.45. The summed E-state index contributed by atoms with van der Waals surface area (Å²) < 4.78 is 0. The van der Waals surface area contributed by atoms with E-state index >= 15 is 0 Å². The molecule has 3 aliphatic heterocycles. The summed E-state index contributed by atoms with van der Waals surface area (Å²) >= 11 is 0. The van der Waals surface area contributed by atoms with Crippen molar-refractivity contribution in [3.8, 4) is 0 Å². The molecule has 0 amide bonds. The molecular formula is C17H27N5. The summed E-state index contributed by atoms with van der Waals surface area (Å²) in [5, 5.41) is 8.57. The zero-order valence-electron chi connectivity index (χ0n) is 13.6. The van der Waals surface area contributed by atoms with Gasteiger partial charge in [0.1, 0.15) is 0 Å². The topological polar surface area (TPSA) is 25.0 Å². The minimum Gasteiger partial charge on any atom is -0.369 e. The summed E-state index contributed by atoms with van der Waals surface area (Å²) in [4.78, 5) is 4.98. The lowest BCUT2D eigenvalue weighted by Crippen LogP contribution is -2.51. The first-order valence-corrected chi connectivity index (χ1v) is 8.56. The number of rotatable bonds is 2. The van der Waals surface area contributed by atoms with Crippen LogP contribution in [0.1, 0.15) is 11.1 Å². The van der Waals surface area contributed by atoms with E-state index in [4.69, 9.17) is 0 Å². The molecule has 1 N–H and O–H groups in total. The number of hydrogen-bond donors (Lipinski definition) is 1. The Hall–Kier alpha value is -1.14. The first kappa shape index (κ1) is 14.5. The lowest BCUT2D eigenvalue weighted by Gasteiger charge is -2.38. The Morgan fingerprint density at radius 1 is 0.864 bits per heavy atom. The van der Waals surface area contributed by atoms with Gasteiger partial charge in [0.05, 0.1) is 0 Å². The van der Waals surface area contributed by atoms with E-state index in [1.807, 2.05) is 0 Å². The SMILES string of the molecule is CN1CCN(N2Cc3cccc(N4CCNCC4)c3C2)CC1. The predicted molar refractivity (Wildman–Crippen MR) is 89.8 cm³/mol. The Bertz CT molecular complexity index is 518. The molecule has 22 heavy (non-hydrogen) atoms. The highest BCUT2D eigenvalue weighted by atomic mass is 15.6. The molecule has 2 fully saturated rings. The summed E-state index contributed by atoms with van der Waals surface area (Å²) in [6.07, 6.45) is 0. The number of nitrogens with zero attached hydrogens (tertiary/aromatic N) is 4. The van der Waals surface area contributed by atoms with Crippen LogP contribution in [0.25, 0.3) is 0 Å². The van der Waals surface area contributed by atoms with Crippen molar-refractivity contribution in [1.82, 2.24) is 20.2 Å². The van der Waals surface area contributed by atoms with Crippen LogP contribution in [0, 0.1) is 0 Å². The van der Waals surface area contributed by atoms with Crippen LogP contribution in [-0.4, -0.2) is 74.3 Å². The zero-order chi connectivity index (χ0) is 14.9. The summed E-state index contributed by atoms with van der Waals surface area (Å²) in [6, 6.07) is 6.87. The molecule has 0 spiro atoms. The van der Waals surface area contributed by atoms with E-state index in [9.17, 15) is 0 Å². The summed E-state index contributed by atoms with van der Waals surface area (Å²) in [5.41, 5.74) is 4.55. The number of hydrazine groups is 1. The molecule has 0 bridgehead atoms. The third kappa shape index (κ3) is 2.74. The largest absolute Gasteiger partial charge is 0.369 e.